The van der Waals surface area contributed by atoms with E-state index in [1.54, 1.807) is 11.5 Å². The number of aryl methyl sites for hydroxylation is 1. The number of hydrogen-bond acceptors (Lipinski definition) is 8. The summed E-state index contributed by atoms with van der Waals surface area (Å²) in [5.74, 6) is -0.0437. The lowest BCUT2D eigenvalue weighted by Gasteiger charge is -2.29. The minimum absolute atomic E-state index is 0.0980. The van der Waals surface area contributed by atoms with Gasteiger partial charge in [-0.25, -0.2) is 14.3 Å². The predicted molar refractivity (Wildman–Crippen MR) is 148 cm³/mol. The van der Waals surface area contributed by atoms with Gasteiger partial charge in [-0.15, -0.1) is 0 Å². The second-order valence-electron chi connectivity index (χ2n) is 8.78. The zero-order chi connectivity index (χ0) is 25.8. The number of carbonyl (C=O) groups is 1. The van der Waals surface area contributed by atoms with Crippen LogP contribution in [0.3, 0.4) is 0 Å². The maximum atomic E-state index is 14.1. The number of hydrogen-bond donors (Lipinski definition) is 0. The number of thiophene rings is 1. The first kappa shape index (κ1) is 24.6. The molecule has 1 aliphatic heterocycles. The third kappa shape index (κ3) is 5.09. The Kier molecular flexibility index (Phi) is 7.25. The Morgan fingerprint density at radius 3 is 2.49 bits per heavy atom. The fraction of sp³-hybridized carbons (Fsp3) is 0.286. The number of nitrogens with zero attached hydrogens (tertiary/aromatic N) is 5. The van der Waals surface area contributed by atoms with Crippen molar-refractivity contribution in [3.05, 3.63) is 76.1 Å². The maximum absolute atomic E-state index is 14.1. The molecule has 8 nitrogen and oxygen atoms in total. The second-order valence-corrected chi connectivity index (χ2v) is 9.76. The minimum atomic E-state index is -0.617. The zero-order valence-corrected chi connectivity index (χ0v) is 21.6. The van der Waals surface area contributed by atoms with Crippen LogP contribution in [0.15, 0.2) is 69.4 Å². The molecule has 0 unspecified atom stereocenters. The molecule has 0 bridgehead atoms. The number of aliphatic imine (C=N–C) groups is 2. The molecule has 0 radical (unpaired) electrons. The normalized spacial score (nSPS) is 13.3. The van der Waals surface area contributed by atoms with Crippen LogP contribution in [0.1, 0.15) is 42.1 Å². The van der Waals surface area contributed by atoms with E-state index < -0.39 is 5.97 Å². The second kappa shape index (κ2) is 10.9. The summed E-state index contributed by atoms with van der Waals surface area (Å²) in [4.78, 5) is 43.3. The van der Waals surface area contributed by atoms with Crippen molar-refractivity contribution in [3.8, 4) is 5.69 Å². The van der Waals surface area contributed by atoms with E-state index in [0.29, 0.717) is 27.2 Å². The van der Waals surface area contributed by atoms with Gasteiger partial charge in [0.1, 0.15) is 21.4 Å². The molecule has 0 aliphatic carbocycles. The number of piperidine rings is 1. The van der Waals surface area contributed by atoms with Crippen LogP contribution in [0.4, 0.5) is 16.6 Å². The van der Waals surface area contributed by atoms with E-state index in [2.05, 4.69) is 20.9 Å². The standard InChI is InChI=1S/C28H27N5O3S/c1-3-36-27(35)23-22-25(37-24(23)30-18-29-20-14-12-19(2)13-15-20)31-28(32-16-8-5-9-17-32)33(26(22)34)21-10-6-4-7-11-21/h4,6-7,10-15H,3,5,8-9,16-17H2,1-2H3. The summed E-state index contributed by atoms with van der Waals surface area (Å²) in [5.41, 5.74) is 2.27. The molecule has 0 amide bonds. The van der Waals surface area contributed by atoms with Crippen LogP contribution in [0, 0.1) is 6.92 Å². The van der Waals surface area contributed by atoms with Gasteiger partial charge in [0.05, 0.1) is 23.4 Å². The van der Waals surface area contributed by atoms with Crippen molar-refractivity contribution in [3.63, 3.8) is 0 Å². The van der Waals surface area contributed by atoms with Crippen LogP contribution in [0.2, 0.25) is 0 Å². The van der Waals surface area contributed by atoms with E-state index in [1.807, 2.05) is 61.5 Å². The maximum Gasteiger partial charge on any atom is 0.342 e. The molecule has 9 heteroatoms. The van der Waals surface area contributed by atoms with Crippen molar-refractivity contribution in [2.45, 2.75) is 33.1 Å². The summed E-state index contributed by atoms with van der Waals surface area (Å²) in [6, 6.07) is 19.7. The molecule has 1 saturated heterocycles. The first-order valence-corrected chi connectivity index (χ1v) is 13.2. The van der Waals surface area contributed by atoms with Crippen LogP contribution in [-0.4, -0.2) is 41.2 Å². The van der Waals surface area contributed by atoms with E-state index in [-0.39, 0.29) is 23.1 Å². The van der Waals surface area contributed by atoms with Gasteiger partial charge >= 0.3 is 5.97 Å². The molecule has 0 spiro atoms. The van der Waals surface area contributed by atoms with Crippen molar-refractivity contribution in [2.75, 3.05) is 24.6 Å². The molecular formula is C28H27N5O3S. The van der Waals surface area contributed by atoms with Gasteiger partial charge in [-0.2, -0.15) is 9.98 Å². The quantitative estimate of drug-likeness (QED) is 0.231. The van der Waals surface area contributed by atoms with Gasteiger partial charge in [0.25, 0.3) is 5.56 Å². The number of para-hydroxylation sites is 1. The Balaban J connectivity index is 1.73. The number of ether oxygens (including phenoxy) is 1. The average molecular weight is 514 g/mol. The van der Waals surface area contributed by atoms with E-state index in [0.717, 1.165) is 37.9 Å². The molecule has 0 atom stereocenters. The highest BCUT2D eigenvalue weighted by molar-refractivity contribution is 7.22. The molecule has 2 aromatic heterocycles. The SMILES string of the molecule is CCOC(=O)c1c(N=C=Nc2ccc(C)cc2)sc2nc(N3CCCCC3)n(-c3ccccc3)c(=O)c12. The van der Waals surface area contributed by atoms with Crippen LogP contribution in [0.25, 0.3) is 15.9 Å². The smallest absolute Gasteiger partial charge is 0.342 e. The summed E-state index contributed by atoms with van der Waals surface area (Å²) >= 11 is 1.17. The van der Waals surface area contributed by atoms with E-state index in [1.165, 1.54) is 11.3 Å². The van der Waals surface area contributed by atoms with E-state index >= 15 is 0 Å². The highest BCUT2D eigenvalue weighted by Crippen LogP contribution is 2.37. The van der Waals surface area contributed by atoms with Crippen LogP contribution < -0.4 is 10.5 Å². The number of rotatable bonds is 6. The number of benzene rings is 2. The van der Waals surface area contributed by atoms with Crippen molar-refractivity contribution in [1.29, 1.82) is 0 Å². The molecule has 37 heavy (non-hydrogen) atoms. The number of carbonyl (C=O) groups excluding carboxylic acids is 1. The van der Waals surface area contributed by atoms with Gasteiger partial charge in [-0.1, -0.05) is 47.2 Å². The zero-order valence-electron chi connectivity index (χ0n) is 20.8. The van der Waals surface area contributed by atoms with Gasteiger partial charge in [0.15, 0.2) is 0 Å². The summed E-state index contributed by atoms with van der Waals surface area (Å²) in [7, 11) is 0. The largest absolute Gasteiger partial charge is 0.462 e. The van der Waals surface area contributed by atoms with Crippen LogP contribution in [-0.2, 0) is 4.74 Å². The first-order valence-electron chi connectivity index (χ1n) is 12.4. The molecule has 3 heterocycles. The predicted octanol–water partition coefficient (Wildman–Crippen LogP) is 6.06. The molecule has 188 valence electrons. The lowest BCUT2D eigenvalue weighted by Crippen LogP contribution is -2.36. The summed E-state index contributed by atoms with van der Waals surface area (Å²) in [5, 5.41) is 0.494. The third-order valence-corrected chi connectivity index (χ3v) is 7.16. The van der Waals surface area contributed by atoms with Gasteiger partial charge in [-0.3, -0.25) is 4.79 Å². The Bertz CT molecular complexity index is 1540. The molecule has 0 saturated carbocycles. The Morgan fingerprint density at radius 2 is 1.78 bits per heavy atom. The van der Waals surface area contributed by atoms with Gasteiger partial charge in [-0.05, 0) is 57.4 Å². The fourth-order valence-electron chi connectivity index (χ4n) is 4.36. The average Bonchev–Trinajstić information content (AvgIpc) is 3.29. The molecule has 2 aromatic carbocycles. The first-order chi connectivity index (χ1) is 18.1. The molecule has 1 fully saturated rings. The van der Waals surface area contributed by atoms with Crippen LogP contribution in [0.5, 0.6) is 0 Å². The molecule has 5 rings (SSSR count). The highest BCUT2D eigenvalue weighted by atomic mass is 32.1. The monoisotopic (exact) mass is 513 g/mol. The lowest BCUT2D eigenvalue weighted by atomic mass is 10.1. The van der Waals surface area contributed by atoms with Gasteiger partial charge < -0.3 is 9.64 Å². The Morgan fingerprint density at radius 1 is 1.05 bits per heavy atom. The number of fused-ring (bicyclic) bond motifs is 1. The van der Waals surface area contributed by atoms with Crippen LogP contribution >= 0.6 is 11.3 Å². The number of esters is 1. The summed E-state index contributed by atoms with van der Waals surface area (Å²) < 4.78 is 6.92. The topological polar surface area (TPSA) is 89.1 Å². The van der Waals surface area contributed by atoms with Crippen molar-refractivity contribution < 1.29 is 9.53 Å². The van der Waals surface area contributed by atoms with E-state index in [9.17, 15) is 9.59 Å². The summed E-state index contributed by atoms with van der Waals surface area (Å²) in [6.07, 6.45) is 3.22. The van der Waals surface area contributed by atoms with Gasteiger partial charge in [0.2, 0.25) is 5.95 Å². The Hall–Kier alpha value is -4.07. The fourth-order valence-corrected chi connectivity index (χ4v) is 5.34. The molecule has 4 aromatic rings. The van der Waals surface area contributed by atoms with Crippen molar-refractivity contribution in [2.24, 2.45) is 9.98 Å². The van der Waals surface area contributed by atoms with Gasteiger partial charge in [0, 0.05) is 13.1 Å². The molecular weight excluding hydrogens is 486 g/mol. The third-order valence-electron chi connectivity index (χ3n) is 6.19. The molecule has 0 N–H and O–H groups in total. The van der Waals surface area contributed by atoms with E-state index in [4.69, 9.17) is 9.72 Å². The van der Waals surface area contributed by atoms with Crippen molar-refractivity contribution >= 4 is 50.2 Å². The Labute approximate surface area is 218 Å². The summed E-state index contributed by atoms with van der Waals surface area (Å²) in [6.45, 7) is 5.52. The minimum Gasteiger partial charge on any atom is -0.462 e. The molecule has 1 aliphatic rings. The highest BCUT2D eigenvalue weighted by Gasteiger charge is 2.28. The number of aromatic nitrogens is 2. The van der Waals surface area contributed by atoms with Crippen molar-refractivity contribution in [1.82, 2.24) is 9.55 Å². The lowest BCUT2D eigenvalue weighted by molar-refractivity contribution is 0.0530. The number of anilines is 1.